The lowest BCUT2D eigenvalue weighted by atomic mass is 10.1. The monoisotopic (exact) mass is 281 g/mol. The first-order valence-corrected chi connectivity index (χ1v) is 5.50. The number of pyridine rings is 1. The van der Waals surface area contributed by atoms with E-state index in [0.29, 0.717) is 13.0 Å². The molecular weight excluding hydrogens is 271 g/mol. The minimum absolute atomic E-state index is 0.000713. The lowest BCUT2D eigenvalue weighted by Gasteiger charge is -2.08. The molecule has 0 saturated heterocycles. The number of nitrogens with zero attached hydrogens (tertiary/aromatic N) is 1. The summed E-state index contributed by atoms with van der Waals surface area (Å²) in [4.78, 5) is 14.8. The van der Waals surface area contributed by atoms with E-state index in [1.807, 2.05) is 0 Å². The quantitative estimate of drug-likeness (QED) is 0.472. The Balaban J connectivity index is 2.82. The fourth-order valence-electron chi connectivity index (χ4n) is 1.31. The lowest BCUT2D eigenvalue weighted by molar-refractivity contribution is -0.141. The van der Waals surface area contributed by atoms with Crippen molar-refractivity contribution in [2.24, 2.45) is 0 Å². The third-order valence-corrected chi connectivity index (χ3v) is 2.48. The molecule has 0 saturated carbocycles. The predicted octanol–water partition coefficient (Wildman–Crippen LogP) is 3.36. The Kier molecular flexibility index (Phi) is 5.10. The molecule has 0 spiro atoms. The number of halogens is 4. The number of carbonyl (C=O) groups is 1. The summed E-state index contributed by atoms with van der Waals surface area (Å²) in [5.41, 5.74) is -1.11. The van der Waals surface area contributed by atoms with Crippen LogP contribution in [0.4, 0.5) is 13.2 Å². The highest BCUT2D eigenvalue weighted by molar-refractivity contribution is 6.32. The Hall–Kier alpha value is -1.14. The maximum absolute atomic E-state index is 12.3. The minimum atomic E-state index is -4.57. The Labute approximate surface area is 107 Å². The largest absolute Gasteiger partial charge is 0.433 e. The number of aromatic nitrogens is 1. The number of ketones is 1. The maximum atomic E-state index is 12.3. The van der Waals surface area contributed by atoms with Crippen LogP contribution in [0.3, 0.4) is 0 Å². The van der Waals surface area contributed by atoms with E-state index in [1.165, 1.54) is 7.11 Å². The molecule has 100 valence electrons. The molecule has 0 unspecified atom stereocenters. The number of rotatable bonds is 5. The summed E-state index contributed by atoms with van der Waals surface area (Å²) in [7, 11) is 1.50. The summed E-state index contributed by atoms with van der Waals surface area (Å²) in [6, 6.07) is 1.79. The number of carbonyl (C=O) groups excluding carboxylic acids is 1. The van der Waals surface area contributed by atoms with Gasteiger partial charge in [0.05, 0.1) is 5.56 Å². The molecular formula is C11H11ClF3NO2. The molecule has 0 fully saturated rings. The van der Waals surface area contributed by atoms with E-state index in [4.69, 9.17) is 16.3 Å². The summed E-state index contributed by atoms with van der Waals surface area (Å²) in [6.07, 6.45) is -3.94. The Morgan fingerprint density at radius 3 is 2.61 bits per heavy atom. The topological polar surface area (TPSA) is 39.2 Å². The van der Waals surface area contributed by atoms with E-state index in [1.54, 1.807) is 0 Å². The highest BCUT2D eigenvalue weighted by Crippen LogP contribution is 2.29. The summed E-state index contributed by atoms with van der Waals surface area (Å²) < 4.78 is 41.8. The van der Waals surface area contributed by atoms with Gasteiger partial charge < -0.3 is 4.74 Å². The summed E-state index contributed by atoms with van der Waals surface area (Å²) in [5.74, 6) is -0.349. The zero-order chi connectivity index (χ0) is 13.8. The average Bonchev–Trinajstić information content (AvgIpc) is 2.27. The van der Waals surface area contributed by atoms with Crippen molar-refractivity contribution in [1.82, 2.24) is 4.98 Å². The van der Waals surface area contributed by atoms with Gasteiger partial charge in [0.2, 0.25) is 0 Å². The smallest absolute Gasteiger partial charge is 0.385 e. The van der Waals surface area contributed by atoms with Gasteiger partial charge in [0.25, 0.3) is 0 Å². The van der Waals surface area contributed by atoms with Crippen LogP contribution >= 0.6 is 11.6 Å². The van der Waals surface area contributed by atoms with E-state index in [0.717, 1.165) is 12.1 Å². The third-order valence-electron chi connectivity index (χ3n) is 2.19. The number of alkyl halides is 3. The van der Waals surface area contributed by atoms with E-state index in [9.17, 15) is 18.0 Å². The van der Waals surface area contributed by atoms with Gasteiger partial charge in [0.15, 0.2) is 5.78 Å². The second-order valence-corrected chi connectivity index (χ2v) is 3.91. The van der Waals surface area contributed by atoms with E-state index >= 15 is 0 Å². The van der Waals surface area contributed by atoms with E-state index in [-0.39, 0.29) is 17.8 Å². The van der Waals surface area contributed by atoms with Gasteiger partial charge in [0, 0.05) is 20.1 Å². The molecule has 0 aliphatic rings. The number of Topliss-reactive ketones (excluding diaryl/α,β-unsaturated/α-hetero) is 1. The van der Waals surface area contributed by atoms with Gasteiger partial charge in [-0.15, -0.1) is 0 Å². The molecule has 1 heterocycles. The van der Waals surface area contributed by atoms with Crippen LogP contribution < -0.4 is 0 Å². The summed E-state index contributed by atoms with van der Waals surface area (Å²) >= 11 is 5.58. The maximum Gasteiger partial charge on any atom is 0.433 e. The second kappa shape index (κ2) is 6.15. The van der Waals surface area contributed by atoms with Gasteiger partial charge in [-0.3, -0.25) is 4.79 Å². The zero-order valence-corrected chi connectivity index (χ0v) is 10.3. The van der Waals surface area contributed by atoms with Crippen LogP contribution in [0.15, 0.2) is 12.1 Å². The van der Waals surface area contributed by atoms with E-state index < -0.39 is 17.0 Å². The highest BCUT2D eigenvalue weighted by atomic mass is 35.5. The minimum Gasteiger partial charge on any atom is -0.385 e. The molecule has 0 aliphatic heterocycles. The van der Waals surface area contributed by atoms with Gasteiger partial charge in [-0.2, -0.15) is 13.2 Å². The van der Waals surface area contributed by atoms with Crippen molar-refractivity contribution in [3.8, 4) is 0 Å². The number of ether oxygens (including phenoxy) is 1. The molecule has 7 heteroatoms. The normalized spacial score (nSPS) is 11.6. The standard InChI is InChI=1S/C11H11ClF3NO2/c1-18-6-2-3-8(17)7-4-5-9(11(13,14)15)16-10(7)12/h4-5H,2-3,6H2,1H3. The van der Waals surface area contributed by atoms with Crippen LogP contribution in [0, 0.1) is 0 Å². The zero-order valence-electron chi connectivity index (χ0n) is 9.55. The number of methoxy groups -OCH3 is 1. The van der Waals surface area contributed by atoms with Crippen molar-refractivity contribution in [2.45, 2.75) is 19.0 Å². The van der Waals surface area contributed by atoms with Crippen molar-refractivity contribution in [1.29, 1.82) is 0 Å². The Bertz CT molecular complexity index is 435. The molecule has 1 aromatic heterocycles. The first kappa shape index (κ1) is 14.9. The molecule has 0 N–H and O–H groups in total. The van der Waals surface area contributed by atoms with Crippen LogP contribution in [-0.2, 0) is 10.9 Å². The number of hydrogen-bond donors (Lipinski definition) is 0. The molecule has 0 radical (unpaired) electrons. The van der Waals surface area contributed by atoms with Crippen LogP contribution in [0.5, 0.6) is 0 Å². The fourth-order valence-corrected chi connectivity index (χ4v) is 1.57. The molecule has 0 atom stereocenters. The Morgan fingerprint density at radius 1 is 1.44 bits per heavy atom. The van der Waals surface area contributed by atoms with Crippen molar-refractivity contribution < 1.29 is 22.7 Å². The second-order valence-electron chi connectivity index (χ2n) is 3.55. The van der Waals surface area contributed by atoms with Crippen molar-refractivity contribution >= 4 is 17.4 Å². The van der Waals surface area contributed by atoms with Crippen molar-refractivity contribution in [2.75, 3.05) is 13.7 Å². The Morgan fingerprint density at radius 2 is 2.11 bits per heavy atom. The van der Waals surface area contributed by atoms with Crippen molar-refractivity contribution in [3.05, 3.63) is 28.5 Å². The molecule has 1 rings (SSSR count). The molecule has 3 nitrogen and oxygen atoms in total. The summed E-state index contributed by atoms with van der Waals surface area (Å²) in [5, 5.41) is -0.424. The lowest BCUT2D eigenvalue weighted by Crippen LogP contribution is -2.10. The molecule has 1 aromatic rings. The van der Waals surface area contributed by atoms with Crippen LogP contribution in [-0.4, -0.2) is 24.5 Å². The van der Waals surface area contributed by atoms with Crippen LogP contribution in [0.2, 0.25) is 5.15 Å². The predicted molar refractivity (Wildman–Crippen MR) is 59.7 cm³/mol. The van der Waals surface area contributed by atoms with Gasteiger partial charge in [-0.25, -0.2) is 4.98 Å². The van der Waals surface area contributed by atoms with Crippen molar-refractivity contribution in [3.63, 3.8) is 0 Å². The third kappa shape index (κ3) is 3.96. The van der Waals surface area contributed by atoms with Gasteiger partial charge in [0.1, 0.15) is 10.8 Å². The molecule has 0 bridgehead atoms. The molecule has 0 aliphatic carbocycles. The van der Waals surface area contributed by atoms with Gasteiger partial charge in [-0.1, -0.05) is 11.6 Å². The first-order valence-electron chi connectivity index (χ1n) is 5.12. The average molecular weight is 282 g/mol. The molecule has 0 amide bonds. The highest BCUT2D eigenvalue weighted by Gasteiger charge is 2.33. The van der Waals surface area contributed by atoms with Gasteiger partial charge in [-0.05, 0) is 18.6 Å². The van der Waals surface area contributed by atoms with Crippen LogP contribution in [0.1, 0.15) is 28.9 Å². The van der Waals surface area contributed by atoms with Crippen LogP contribution in [0.25, 0.3) is 0 Å². The molecule has 18 heavy (non-hydrogen) atoms. The van der Waals surface area contributed by atoms with E-state index in [2.05, 4.69) is 4.98 Å². The summed E-state index contributed by atoms with van der Waals surface area (Å²) in [6.45, 7) is 0.400. The number of hydrogen-bond acceptors (Lipinski definition) is 3. The fraction of sp³-hybridized carbons (Fsp3) is 0.455. The first-order chi connectivity index (χ1) is 8.36. The SMILES string of the molecule is COCCCC(=O)c1ccc(C(F)(F)F)nc1Cl. The van der Waals surface area contributed by atoms with Gasteiger partial charge >= 0.3 is 6.18 Å². The molecule has 0 aromatic carbocycles.